The summed E-state index contributed by atoms with van der Waals surface area (Å²) >= 11 is 23.2. The molecule has 3 saturated carbocycles. The van der Waals surface area contributed by atoms with Crippen molar-refractivity contribution in [2.45, 2.75) is 69.0 Å². The van der Waals surface area contributed by atoms with Crippen molar-refractivity contribution in [1.29, 1.82) is 0 Å². The van der Waals surface area contributed by atoms with Crippen molar-refractivity contribution in [3.8, 4) is 0 Å². The zero-order chi connectivity index (χ0) is 29.1. The van der Waals surface area contributed by atoms with E-state index in [1.54, 1.807) is 12.1 Å². The number of fused-ring (bicyclic) bond motifs is 6. The van der Waals surface area contributed by atoms with Crippen LogP contribution in [0.1, 0.15) is 69.6 Å². The normalized spacial score (nSPS) is 29.1. The van der Waals surface area contributed by atoms with Crippen LogP contribution in [0.3, 0.4) is 0 Å². The van der Waals surface area contributed by atoms with Crippen molar-refractivity contribution in [2.75, 3.05) is 0 Å². The smallest absolute Gasteiger partial charge is 0.168 e. The molecular weight excluding hydrogens is 647 g/mol. The molecule has 3 aromatic rings. The maximum atomic E-state index is 12.2. The average Bonchev–Trinajstić information content (AvgIpc) is 3.59. The van der Waals surface area contributed by atoms with Crippen LogP contribution in [0, 0.1) is 17.8 Å². The van der Waals surface area contributed by atoms with Gasteiger partial charge in [0.1, 0.15) is 0 Å². The lowest BCUT2D eigenvalue weighted by Crippen LogP contribution is -2.38. The SMILES string of the molecule is O=C1c2cc(Cl)ccc2SC2CC12.O=C1c2cc(Cl)ccc2SC2CCC12.O=C1c2cc(Cl)ccc2SC2CCCC12. The summed E-state index contributed by atoms with van der Waals surface area (Å²) in [6.45, 7) is 0. The third-order valence-electron chi connectivity index (χ3n) is 8.86. The molecule has 216 valence electrons. The Morgan fingerprint density at radius 1 is 0.500 bits per heavy atom. The molecule has 3 nitrogen and oxygen atoms in total. The minimum absolute atomic E-state index is 0.251. The molecule has 9 heteroatoms. The second kappa shape index (κ2) is 11.8. The first-order chi connectivity index (χ1) is 20.3. The summed E-state index contributed by atoms with van der Waals surface area (Å²) in [6, 6.07) is 16.9. The molecule has 9 rings (SSSR count). The van der Waals surface area contributed by atoms with E-state index in [0.717, 1.165) is 50.6 Å². The number of rotatable bonds is 0. The number of Topliss-reactive ketones (excluding diaryl/α,β-unsaturated/α-hetero) is 3. The van der Waals surface area contributed by atoms with Crippen LogP contribution in [-0.2, 0) is 0 Å². The summed E-state index contributed by atoms with van der Waals surface area (Å²) in [5.41, 5.74) is 2.51. The highest BCUT2D eigenvalue weighted by molar-refractivity contribution is 8.00. The minimum atomic E-state index is 0.251. The Balaban J connectivity index is 0.000000103. The van der Waals surface area contributed by atoms with Crippen LogP contribution in [-0.4, -0.2) is 33.1 Å². The first-order valence-electron chi connectivity index (χ1n) is 14.3. The topological polar surface area (TPSA) is 51.2 Å². The van der Waals surface area contributed by atoms with E-state index < -0.39 is 0 Å². The molecule has 0 radical (unpaired) electrons. The van der Waals surface area contributed by atoms with E-state index >= 15 is 0 Å². The average molecular weight is 674 g/mol. The summed E-state index contributed by atoms with van der Waals surface area (Å²) in [5.74, 6) is 1.72. The molecule has 3 aromatic carbocycles. The van der Waals surface area contributed by atoms with Crippen LogP contribution in [0.15, 0.2) is 69.3 Å². The van der Waals surface area contributed by atoms with Crippen molar-refractivity contribution < 1.29 is 14.4 Å². The Labute approximate surface area is 273 Å². The standard InChI is InChI=1S/C12H11ClOS.C11H9ClOS.C10H7ClOS/c13-7-4-5-11-9(6-7)12(14)8-2-1-3-10(8)15-11;12-6-1-3-10-8(5-6)11(13)7-2-4-9(7)14-10;11-5-1-2-8-6(3-5)10(12)7-4-9(7)13-8/h4-6,8,10H,1-3H2;1,3,5,7,9H,2,4H2;1-3,7,9H,4H2. The lowest BCUT2D eigenvalue weighted by molar-refractivity contribution is 0.0854. The third-order valence-corrected chi connectivity index (χ3v) is 14.0. The van der Waals surface area contributed by atoms with Crippen LogP contribution in [0.2, 0.25) is 15.1 Å². The Morgan fingerprint density at radius 3 is 1.40 bits per heavy atom. The molecule has 0 amide bonds. The molecule has 3 aliphatic carbocycles. The fourth-order valence-corrected chi connectivity index (χ4v) is 11.1. The summed E-state index contributed by atoms with van der Waals surface area (Å²) in [6.07, 6.45) is 6.72. The Kier molecular flexibility index (Phi) is 8.26. The van der Waals surface area contributed by atoms with E-state index in [-0.39, 0.29) is 17.8 Å². The van der Waals surface area contributed by atoms with E-state index in [0.29, 0.717) is 48.2 Å². The van der Waals surface area contributed by atoms with Gasteiger partial charge in [-0.05, 0) is 86.7 Å². The fraction of sp³-hybridized carbons (Fsp3) is 0.364. The van der Waals surface area contributed by atoms with Crippen LogP contribution in [0.5, 0.6) is 0 Å². The Bertz CT molecular complexity index is 1630. The maximum absolute atomic E-state index is 12.2. The fourth-order valence-electron chi connectivity index (χ4n) is 6.34. The van der Waals surface area contributed by atoms with Gasteiger partial charge in [-0.15, -0.1) is 35.3 Å². The molecule has 3 fully saturated rings. The van der Waals surface area contributed by atoms with Crippen LogP contribution in [0.25, 0.3) is 0 Å². The van der Waals surface area contributed by atoms with Gasteiger partial charge in [-0.2, -0.15) is 0 Å². The van der Waals surface area contributed by atoms with Crippen molar-refractivity contribution in [3.63, 3.8) is 0 Å². The lowest BCUT2D eigenvalue weighted by atomic mass is 9.79. The van der Waals surface area contributed by atoms with Gasteiger partial charge in [0.2, 0.25) is 0 Å². The van der Waals surface area contributed by atoms with Crippen molar-refractivity contribution in [3.05, 3.63) is 86.4 Å². The van der Waals surface area contributed by atoms with Gasteiger partial charge in [-0.25, -0.2) is 0 Å². The minimum Gasteiger partial charge on any atom is -0.294 e. The molecule has 3 heterocycles. The van der Waals surface area contributed by atoms with Crippen LogP contribution in [0.4, 0.5) is 0 Å². The maximum Gasteiger partial charge on any atom is 0.168 e. The molecule has 0 saturated heterocycles. The van der Waals surface area contributed by atoms with Crippen molar-refractivity contribution in [1.82, 2.24) is 0 Å². The molecule has 0 aromatic heterocycles. The zero-order valence-corrected chi connectivity index (χ0v) is 27.2. The molecular formula is C33H27Cl3O3S3. The highest BCUT2D eigenvalue weighted by Crippen LogP contribution is 2.53. The van der Waals surface area contributed by atoms with E-state index in [4.69, 9.17) is 34.8 Å². The van der Waals surface area contributed by atoms with Gasteiger partial charge >= 0.3 is 0 Å². The number of ketones is 3. The quantitative estimate of drug-likeness (QED) is 0.237. The highest BCUT2D eigenvalue weighted by Gasteiger charge is 2.48. The molecule has 42 heavy (non-hydrogen) atoms. The highest BCUT2D eigenvalue weighted by atomic mass is 35.5. The molecule has 6 unspecified atom stereocenters. The van der Waals surface area contributed by atoms with Crippen LogP contribution < -0.4 is 0 Å². The summed E-state index contributed by atoms with van der Waals surface area (Å²) in [7, 11) is 0. The lowest BCUT2D eigenvalue weighted by Gasteiger charge is -2.39. The number of carbonyl (C=O) groups excluding carboxylic acids is 3. The molecule has 6 aliphatic rings. The Morgan fingerprint density at radius 2 is 0.929 bits per heavy atom. The largest absolute Gasteiger partial charge is 0.294 e. The number of hydrogen-bond donors (Lipinski definition) is 0. The first-order valence-corrected chi connectivity index (χ1v) is 18.1. The summed E-state index contributed by atoms with van der Waals surface area (Å²) in [4.78, 5) is 39.2. The zero-order valence-electron chi connectivity index (χ0n) is 22.5. The number of halogens is 3. The Hall–Kier alpha value is -1.41. The first kappa shape index (κ1) is 29.3. The van der Waals surface area contributed by atoms with Gasteiger partial charge in [0.25, 0.3) is 0 Å². The monoisotopic (exact) mass is 672 g/mol. The number of hydrogen-bond acceptors (Lipinski definition) is 6. The number of thioether (sulfide) groups is 3. The van der Waals surface area contributed by atoms with E-state index in [1.165, 1.54) is 19.3 Å². The van der Waals surface area contributed by atoms with Gasteiger partial charge in [0, 0.05) is 79.9 Å². The summed E-state index contributed by atoms with van der Waals surface area (Å²) in [5, 5.41) is 3.60. The second-order valence-electron chi connectivity index (χ2n) is 11.5. The van der Waals surface area contributed by atoms with Crippen molar-refractivity contribution >= 4 is 87.4 Å². The molecule has 0 N–H and O–H groups in total. The molecule has 0 spiro atoms. The molecule has 0 bridgehead atoms. The van der Waals surface area contributed by atoms with Gasteiger partial charge in [-0.3, -0.25) is 14.4 Å². The van der Waals surface area contributed by atoms with Gasteiger partial charge in [-0.1, -0.05) is 41.2 Å². The van der Waals surface area contributed by atoms with Gasteiger partial charge in [0.15, 0.2) is 17.3 Å². The summed E-state index contributed by atoms with van der Waals surface area (Å²) < 4.78 is 0. The third kappa shape index (κ3) is 5.61. The molecule has 6 atom stereocenters. The number of carbonyl (C=O) groups is 3. The second-order valence-corrected chi connectivity index (χ2v) is 16.7. The molecule has 3 aliphatic heterocycles. The van der Waals surface area contributed by atoms with Crippen LogP contribution >= 0.6 is 70.1 Å². The van der Waals surface area contributed by atoms with Gasteiger partial charge in [0.05, 0.1) is 0 Å². The predicted molar refractivity (Wildman–Crippen MR) is 174 cm³/mol. The predicted octanol–water partition coefficient (Wildman–Crippen LogP) is 10.2. The van der Waals surface area contributed by atoms with Crippen molar-refractivity contribution in [2.24, 2.45) is 17.8 Å². The van der Waals surface area contributed by atoms with E-state index in [2.05, 4.69) is 0 Å². The van der Waals surface area contributed by atoms with E-state index in [9.17, 15) is 14.4 Å². The van der Waals surface area contributed by atoms with Gasteiger partial charge < -0.3 is 0 Å². The number of benzene rings is 3. The van der Waals surface area contributed by atoms with E-state index in [1.807, 2.05) is 77.8 Å².